The molecular formula is C12H10FN3O2S. The van der Waals surface area contributed by atoms with Crippen LogP contribution < -0.4 is 5.73 Å². The summed E-state index contributed by atoms with van der Waals surface area (Å²) in [5.41, 5.74) is 5.94. The Kier molecular flexibility index (Phi) is 3.66. The summed E-state index contributed by atoms with van der Waals surface area (Å²) in [4.78, 5) is 19.2. The summed E-state index contributed by atoms with van der Waals surface area (Å²) in [6.07, 6.45) is 1.55. The maximum absolute atomic E-state index is 13.7. The first-order valence-corrected chi connectivity index (χ1v) is 6.09. The Bertz CT molecular complexity index is 649. The molecule has 1 aromatic heterocycles. The Labute approximate surface area is 112 Å². The van der Waals surface area contributed by atoms with Crippen LogP contribution in [0.3, 0.4) is 0 Å². The molecule has 0 fully saturated rings. The van der Waals surface area contributed by atoms with Crippen molar-refractivity contribution >= 4 is 23.4 Å². The molecule has 2 rings (SSSR count). The molecule has 0 aliphatic carbocycles. The van der Waals surface area contributed by atoms with Gasteiger partial charge in [-0.3, -0.25) is 0 Å². The van der Waals surface area contributed by atoms with Crippen molar-refractivity contribution in [1.82, 2.24) is 9.97 Å². The van der Waals surface area contributed by atoms with Gasteiger partial charge in [-0.05, 0) is 36.9 Å². The van der Waals surface area contributed by atoms with Gasteiger partial charge in [0.1, 0.15) is 5.82 Å². The van der Waals surface area contributed by atoms with E-state index in [1.807, 2.05) is 0 Å². The number of hydrogen-bond acceptors (Lipinski definition) is 5. The number of anilines is 1. The number of benzene rings is 1. The Morgan fingerprint density at radius 3 is 2.84 bits per heavy atom. The smallest absolute Gasteiger partial charge is 0.337 e. The molecule has 98 valence electrons. The number of aromatic nitrogens is 2. The highest BCUT2D eigenvalue weighted by Crippen LogP contribution is 2.30. The van der Waals surface area contributed by atoms with E-state index in [0.717, 1.165) is 23.5 Å². The van der Waals surface area contributed by atoms with Crippen molar-refractivity contribution in [2.75, 3.05) is 5.73 Å². The van der Waals surface area contributed by atoms with Crippen LogP contribution in [-0.4, -0.2) is 21.0 Å². The van der Waals surface area contributed by atoms with Crippen molar-refractivity contribution in [3.63, 3.8) is 0 Å². The molecule has 0 atom stereocenters. The molecule has 0 amide bonds. The van der Waals surface area contributed by atoms with Gasteiger partial charge in [-0.15, -0.1) is 0 Å². The van der Waals surface area contributed by atoms with Gasteiger partial charge in [-0.1, -0.05) is 0 Å². The Balaban J connectivity index is 2.40. The van der Waals surface area contributed by atoms with E-state index in [2.05, 4.69) is 9.97 Å². The van der Waals surface area contributed by atoms with Gasteiger partial charge < -0.3 is 10.8 Å². The van der Waals surface area contributed by atoms with Crippen LogP contribution in [0.4, 0.5) is 10.1 Å². The molecule has 0 bridgehead atoms. The van der Waals surface area contributed by atoms with Gasteiger partial charge in [0.2, 0.25) is 0 Å². The van der Waals surface area contributed by atoms with Crippen LogP contribution >= 0.6 is 11.8 Å². The third-order valence-corrected chi connectivity index (χ3v) is 3.22. The SMILES string of the molecule is Cc1ccnc(Sc2cc(C(=O)O)c(N)cc2F)n1. The Hall–Kier alpha value is -2.15. The van der Waals surface area contributed by atoms with E-state index in [0.29, 0.717) is 5.16 Å². The zero-order chi connectivity index (χ0) is 14.0. The number of rotatable bonds is 3. The number of carboxylic acids is 1. The summed E-state index contributed by atoms with van der Waals surface area (Å²) in [7, 11) is 0. The number of carbonyl (C=O) groups is 1. The van der Waals surface area contributed by atoms with Crippen LogP contribution in [-0.2, 0) is 0 Å². The van der Waals surface area contributed by atoms with Crippen molar-refractivity contribution in [2.24, 2.45) is 0 Å². The van der Waals surface area contributed by atoms with E-state index in [9.17, 15) is 9.18 Å². The number of nitrogens with two attached hydrogens (primary N) is 1. The third kappa shape index (κ3) is 3.00. The molecule has 0 unspecified atom stereocenters. The molecule has 3 N–H and O–H groups in total. The lowest BCUT2D eigenvalue weighted by atomic mass is 10.2. The lowest BCUT2D eigenvalue weighted by molar-refractivity contribution is 0.0697. The highest BCUT2D eigenvalue weighted by atomic mass is 32.2. The molecule has 1 heterocycles. The largest absolute Gasteiger partial charge is 0.478 e. The van der Waals surface area contributed by atoms with Crippen LogP contribution in [0, 0.1) is 12.7 Å². The van der Waals surface area contributed by atoms with Gasteiger partial charge in [-0.2, -0.15) is 0 Å². The van der Waals surface area contributed by atoms with Crippen molar-refractivity contribution in [2.45, 2.75) is 17.0 Å². The van der Waals surface area contributed by atoms with E-state index in [1.165, 1.54) is 6.07 Å². The normalized spacial score (nSPS) is 10.4. The molecule has 7 heteroatoms. The standard InChI is InChI=1S/C12H10FN3O2S/c1-6-2-3-15-12(16-6)19-10-4-7(11(17)18)9(14)5-8(10)13/h2-5H,14H2,1H3,(H,17,18). The van der Waals surface area contributed by atoms with Crippen LogP contribution in [0.5, 0.6) is 0 Å². The number of nitrogens with zero attached hydrogens (tertiary/aromatic N) is 2. The predicted molar refractivity (Wildman–Crippen MR) is 68.7 cm³/mol. The average Bonchev–Trinajstić information content (AvgIpc) is 2.32. The van der Waals surface area contributed by atoms with E-state index in [1.54, 1.807) is 19.2 Å². The van der Waals surface area contributed by atoms with Gasteiger partial charge in [0.15, 0.2) is 5.16 Å². The molecule has 2 aromatic rings. The molecule has 19 heavy (non-hydrogen) atoms. The molecule has 0 saturated carbocycles. The van der Waals surface area contributed by atoms with Gasteiger partial charge in [-0.25, -0.2) is 19.2 Å². The molecule has 0 spiro atoms. The minimum absolute atomic E-state index is 0.112. The fraction of sp³-hybridized carbons (Fsp3) is 0.0833. The summed E-state index contributed by atoms with van der Waals surface area (Å²) >= 11 is 0.953. The third-order valence-electron chi connectivity index (χ3n) is 2.31. The fourth-order valence-electron chi connectivity index (χ4n) is 1.41. The Morgan fingerprint density at radius 1 is 1.47 bits per heavy atom. The first-order chi connectivity index (χ1) is 8.97. The molecule has 0 saturated heterocycles. The second kappa shape index (κ2) is 5.23. The van der Waals surface area contributed by atoms with Crippen LogP contribution in [0.2, 0.25) is 0 Å². The van der Waals surface area contributed by atoms with E-state index in [4.69, 9.17) is 10.8 Å². The number of carboxylic acid groups (broad SMARTS) is 1. The highest BCUT2D eigenvalue weighted by molar-refractivity contribution is 7.99. The van der Waals surface area contributed by atoms with Gasteiger partial charge in [0.05, 0.1) is 10.5 Å². The van der Waals surface area contributed by atoms with Gasteiger partial charge in [0, 0.05) is 17.6 Å². The number of aryl methyl sites for hydroxylation is 1. The van der Waals surface area contributed by atoms with Gasteiger partial charge >= 0.3 is 5.97 Å². The molecular weight excluding hydrogens is 269 g/mol. The summed E-state index contributed by atoms with van der Waals surface area (Å²) in [5, 5.41) is 9.30. The van der Waals surface area contributed by atoms with Crippen molar-refractivity contribution in [3.8, 4) is 0 Å². The predicted octanol–water partition coefficient (Wildman–Crippen LogP) is 2.36. The van der Waals surface area contributed by atoms with Crippen molar-refractivity contribution in [1.29, 1.82) is 0 Å². The van der Waals surface area contributed by atoms with Crippen molar-refractivity contribution in [3.05, 3.63) is 41.5 Å². The fourth-order valence-corrected chi connectivity index (χ4v) is 2.24. The first-order valence-electron chi connectivity index (χ1n) is 5.27. The Morgan fingerprint density at radius 2 is 2.21 bits per heavy atom. The summed E-state index contributed by atoms with van der Waals surface area (Å²) in [5.74, 6) is -1.80. The monoisotopic (exact) mass is 279 g/mol. The minimum Gasteiger partial charge on any atom is -0.478 e. The van der Waals surface area contributed by atoms with Crippen LogP contribution in [0.25, 0.3) is 0 Å². The topological polar surface area (TPSA) is 89.1 Å². The molecule has 0 aliphatic rings. The average molecular weight is 279 g/mol. The number of aromatic carboxylic acids is 1. The van der Waals surface area contributed by atoms with Crippen LogP contribution in [0.15, 0.2) is 34.4 Å². The maximum atomic E-state index is 13.7. The second-order valence-electron chi connectivity index (χ2n) is 3.76. The lowest BCUT2D eigenvalue weighted by Gasteiger charge is -2.06. The number of halogens is 1. The first kappa shape index (κ1) is 13.3. The highest BCUT2D eigenvalue weighted by Gasteiger charge is 2.15. The maximum Gasteiger partial charge on any atom is 0.337 e. The van der Waals surface area contributed by atoms with Crippen LogP contribution in [0.1, 0.15) is 16.1 Å². The summed E-state index contributed by atoms with van der Waals surface area (Å²) in [6, 6.07) is 3.89. The molecule has 1 aromatic carbocycles. The zero-order valence-corrected chi connectivity index (χ0v) is 10.7. The summed E-state index contributed by atoms with van der Waals surface area (Å²) < 4.78 is 13.7. The van der Waals surface area contributed by atoms with E-state index < -0.39 is 11.8 Å². The quantitative estimate of drug-likeness (QED) is 0.662. The lowest BCUT2D eigenvalue weighted by Crippen LogP contribution is -2.04. The van der Waals surface area contributed by atoms with Gasteiger partial charge in [0.25, 0.3) is 0 Å². The zero-order valence-electron chi connectivity index (χ0n) is 9.92. The van der Waals surface area contributed by atoms with Crippen molar-refractivity contribution < 1.29 is 14.3 Å². The molecule has 0 aliphatic heterocycles. The van der Waals surface area contributed by atoms with E-state index >= 15 is 0 Å². The number of hydrogen-bond donors (Lipinski definition) is 2. The second-order valence-corrected chi connectivity index (χ2v) is 4.77. The number of nitrogen functional groups attached to an aromatic ring is 1. The minimum atomic E-state index is -1.20. The van der Waals surface area contributed by atoms with E-state index in [-0.39, 0.29) is 16.1 Å². The molecule has 5 nitrogen and oxygen atoms in total. The summed E-state index contributed by atoms with van der Waals surface area (Å²) in [6.45, 7) is 1.79. The molecule has 0 radical (unpaired) electrons.